The molecular weight excluding hydrogens is 587 g/mol. The zero-order valence-corrected chi connectivity index (χ0v) is 25.8. The maximum absolute atomic E-state index is 13.6. The Kier molecular flexibility index (Phi) is 9.32. The second-order valence-electron chi connectivity index (χ2n) is 9.59. The zero-order chi connectivity index (χ0) is 30.5. The molecule has 4 aromatic rings. The monoisotopic (exact) mass is 617 g/mol. The van der Waals surface area contributed by atoms with Gasteiger partial charge in [-0.05, 0) is 68.3 Å². The minimum absolute atomic E-state index is 0.0640. The van der Waals surface area contributed by atoms with Crippen molar-refractivity contribution >= 4 is 45.7 Å². The third kappa shape index (κ3) is 6.37. The largest absolute Gasteiger partial charge is 0.507 e. The molecule has 43 heavy (non-hydrogen) atoms. The molecule has 3 aromatic carbocycles. The topological polar surface area (TPSA) is 111 Å². The number of aromatic nitrogens is 2. The number of aliphatic hydroxyl groups is 1. The summed E-state index contributed by atoms with van der Waals surface area (Å²) in [4.78, 5) is 28.5. The molecule has 11 heteroatoms. The molecule has 1 aliphatic rings. The van der Waals surface area contributed by atoms with E-state index in [1.54, 1.807) is 42.5 Å². The number of methoxy groups -OCH3 is 1. The SMILES string of the molecule is CCOc1ccc(C2C(=C(O)c3ccc(OC)cc3)C(=O)C(=O)N2c2nnc(SCc3ccc(C)cc3)s2)cc1OCC. The summed E-state index contributed by atoms with van der Waals surface area (Å²) < 4.78 is 17.5. The number of aliphatic hydroxyl groups excluding tert-OH is 1. The average Bonchev–Trinajstić information content (AvgIpc) is 3.59. The second-order valence-corrected chi connectivity index (χ2v) is 11.8. The van der Waals surface area contributed by atoms with Crippen LogP contribution in [0.4, 0.5) is 5.13 Å². The minimum atomic E-state index is -0.986. The van der Waals surface area contributed by atoms with Gasteiger partial charge in [0.15, 0.2) is 15.8 Å². The number of carbonyl (C=O) groups is 2. The lowest BCUT2D eigenvalue weighted by Crippen LogP contribution is -2.29. The molecule has 1 aliphatic heterocycles. The highest BCUT2D eigenvalue weighted by Crippen LogP contribution is 2.45. The zero-order valence-electron chi connectivity index (χ0n) is 24.2. The van der Waals surface area contributed by atoms with Gasteiger partial charge in [0.05, 0.1) is 31.9 Å². The molecule has 0 saturated carbocycles. The first-order valence-electron chi connectivity index (χ1n) is 13.7. The first kappa shape index (κ1) is 30.1. The normalized spacial score (nSPS) is 16.0. The molecule has 5 rings (SSSR count). The summed E-state index contributed by atoms with van der Waals surface area (Å²) in [5.41, 5.74) is 3.16. The summed E-state index contributed by atoms with van der Waals surface area (Å²) in [5, 5.41) is 20.3. The molecule has 9 nitrogen and oxygen atoms in total. The molecule has 0 spiro atoms. The van der Waals surface area contributed by atoms with E-state index >= 15 is 0 Å². The van der Waals surface area contributed by atoms with Crippen LogP contribution in [0.3, 0.4) is 0 Å². The summed E-state index contributed by atoms with van der Waals surface area (Å²) in [6, 6.07) is 19.1. The van der Waals surface area contributed by atoms with Crippen molar-refractivity contribution in [2.75, 3.05) is 25.2 Å². The lowest BCUT2D eigenvalue weighted by Gasteiger charge is -2.23. The summed E-state index contributed by atoms with van der Waals surface area (Å²) >= 11 is 2.71. The number of hydrogen-bond donors (Lipinski definition) is 1. The molecule has 222 valence electrons. The highest BCUT2D eigenvalue weighted by Gasteiger charge is 2.48. The molecule has 1 aromatic heterocycles. The Hall–Kier alpha value is -4.35. The van der Waals surface area contributed by atoms with Crippen molar-refractivity contribution in [2.24, 2.45) is 0 Å². The maximum Gasteiger partial charge on any atom is 0.301 e. The van der Waals surface area contributed by atoms with Crippen molar-refractivity contribution in [3.8, 4) is 17.2 Å². The fourth-order valence-electron chi connectivity index (χ4n) is 4.67. The Morgan fingerprint density at radius 2 is 1.65 bits per heavy atom. The van der Waals surface area contributed by atoms with Crippen LogP contribution in [-0.2, 0) is 15.3 Å². The van der Waals surface area contributed by atoms with Gasteiger partial charge in [-0.25, -0.2) is 0 Å². The Labute approximate surface area is 258 Å². The molecule has 0 bridgehead atoms. The number of aryl methyl sites for hydroxylation is 1. The first-order chi connectivity index (χ1) is 20.8. The quantitative estimate of drug-likeness (QED) is 0.0657. The molecule has 0 aliphatic carbocycles. The van der Waals surface area contributed by atoms with Crippen LogP contribution >= 0.6 is 23.1 Å². The van der Waals surface area contributed by atoms with Crippen LogP contribution < -0.4 is 19.1 Å². The van der Waals surface area contributed by atoms with E-state index in [0.29, 0.717) is 51.7 Å². The molecule has 2 heterocycles. The molecular formula is C32H31N3O6S2. The van der Waals surface area contributed by atoms with E-state index in [0.717, 1.165) is 5.56 Å². The molecule has 1 N–H and O–H groups in total. The van der Waals surface area contributed by atoms with Crippen LogP contribution in [-0.4, -0.2) is 47.3 Å². The number of benzene rings is 3. The van der Waals surface area contributed by atoms with Gasteiger partial charge in [0.2, 0.25) is 5.13 Å². The van der Waals surface area contributed by atoms with Crippen LogP contribution in [0.1, 0.15) is 42.1 Å². The average molecular weight is 618 g/mol. The Morgan fingerprint density at radius 3 is 2.33 bits per heavy atom. The first-order valence-corrected chi connectivity index (χ1v) is 15.5. The number of ketones is 1. The van der Waals surface area contributed by atoms with Gasteiger partial charge in [0.1, 0.15) is 11.5 Å². The van der Waals surface area contributed by atoms with E-state index in [1.807, 2.05) is 20.8 Å². The van der Waals surface area contributed by atoms with Gasteiger partial charge in [-0.3, -0.25) is 14.5 Å². The van der Waals surface area contributed by atoms with E-state index < -0.39 is 17.7 Å². The van der Waals surface area contributed by atoms with Crippen LogP contribution in [0.15, 0.2) is 76.6 Å². The van der Waals surface area contributed by atoms with Gasteiger partial charge in [0.25, 0.3) is 5.78 Å². The highest BCUT2D eigenvalue weighted by atomic mass is 32.2. The molecule has 1 saturated heterocycles. The Balaban J connectivity index is 1.57. The number of thioether (sulfide) groups is 1. The van der Waals surface area contributed by atoms with Gasteiger partial charge in [0, 0.05) is 11.3 Å². The summed E-state index contributed by atoms with van der Waals surface area (Å²) in [6.45, 7) is 6.58. The number of Topliss-reactive ketones (excluding diaryl/α,β-unsaturated/α-hetero) is 1. The Bertz CT molecular complexity index is 1650. The maximum atomic E-state index is 13.6. The van der Waals surface area contributed by atoms with Crippen molar-refractivity contribution in [3.63, 3.8) is 0 Å². The number of anilines is 1. The van der Waals surface area contributed by atoms with Crippen LogP contribution in [0.5, 0.6) is 17.2 Å². The fourth-order valence-corrected chi connectivity index (χ4v) is 6.50. The van der Waals surface area contributed by atoms with Crippen LogP contribution in [0.2, 0.25) is 0 Å². The van der Waals surface area contributed by atoms with Crippen molar-refractivity contribution in [1.82, 2.24) is 10.2 Å². The van der Waals surface area contributed by atoms with E-state index in [1.165, 1.54) is 40.7 Å². The molecule has 1 unspecified atom stereocenters. The van der Waals surface area contributed by atoms with Gasteiger partial charge in [-0.2, -0.15) is 0 Å². The van der Waals surface area contributed by atoms with Gasteiger partial charge in [-0.1, -0.05) is 59.0 Å². The van der Waals surface area contributed by atoms with Crippen LogP contribution in [0, 0.1) is 6.92 Å². The van der Waals surface area contributed by atoms with Crippen molar-refractivity contribution in [3.05, 3.63) is 94.6 Å². The third-order valence-corrected chi connectivity index (χ3v) is 8.90. The predicted molar refractivity (Wildman–Crippen MR) is 167 cm³/mol. The summed E-state index contributed by atoms with van der Waals surface area (Å²) in [5.74, 6) is 0.317. The summed E-state index contributed by atoms with van der Waals surface area (Å²) in [7, 11) is 1.54. The van der Waals surface area contributed by atoms with Gasteiger partial charge >= 0.3 is 5.91 Å². The van der Waals surface area contributed by atoms with Gasteiger partial charge < -0.3 is 19.3 Å². The fraction of sp³-hybridized carbons (Fsp3) is 0.250. The third-order valence-electron chi connectivity index (χ3n) is 6.78. The smallest absolute Gasteiger partial charge is 0.301 e. The lowest BCUT2D eigenvalue weighted by atomic mass is 9.95. The lowest BCUT2D eigenvalue weighted by molar-refractivity contribution is -0.132. The van der Waals surface area contributed by atoms with Crippen molar-refractivity contribution in [1.29, 1.82) is 0 Å². The van der Waals surface area contributed by atoms with Crippen molar-refractivity contribution < 1.29 is 28.9 Å². The molecule has 1 fully saturated rings. The van der Waals surface area contributed by atoms with Crippen molar-refractivity contribution in [2.45, 2.75) is 36.9 Å². The number of hydrogen-bond acceptors (Lipinski definition) is 10. The second kappa shape index (κ2) is 13.3. The minimum Gasteiger partial charge on any atom is -0.507 e. The number of amides is 1. The number of carbonyl (C=O) groups excluding carboxylic acids is 2. The predicted octanol–water partition coefficient (Wildman–Crippen LogP) is 6.57. The molecule has 1 amide bonds. The van der Waals surface area contributed by atoms with Gasteiger partial charge in [-0.15, -0.1) is 10.2 Å². The van der Waals surface area contributed by atoms with E-state index in [-0.39, 0.29) is 16.5 Å². The number of nitrogens with zero attached hydrogens (tertiary/aromatic N) is 3. The standard InChI is InChI=1S/C32H31N3O6S2/c1-5-40-24-16-13-22(17-25(24)41-6-2)27-26(28(36)21-11-14-23(39-4)15-12-21)29(37)30(38)35(27)31-33-34-32(43-31)42-18-20-9-7-19(3)8-10-20/h7-17,27,36H,5-6,18H2,1-4H3. The molecule has 1 atom stereocenters. The number of ether oxygens (including phenoxy) is 3. The molecule has 0 radical (unpaired) electrons. The Morgan fingerprint density at radius 1 is 0.953 bits per heavy atom. The van der Waals surface area contributed by atoms with E-state index in [2.05, 4.69) is 34.5 Å². The number of rotatable bonds is 11. The van der Waals surface area contributed by atoms with E-state index in [9.17, 15) is 14.7 Å². The summed E-state index contributed by atoms with van der Waals surface area (Å²) in [6.07, 6.45) is 0. The highest BCUT2D eigenvalue weighted by molar-refractivity contribution is 8.00. The van der Waals surface area contributed by atoms with Crippen LogP contribution in [0.25, 0.3) is 5.76 Å². The van der Waals surface area contributed by atoms with E-state index in [4.69, 9.17) is 14.2 Å².